The second kappa shape index (κ2) is 3.74. The molecule has 0 radical (unpaired) electrons. The summed E-state index contributed by atoms with van der Waals surface area (Å²) in [5.41, 5.74) is 7.21. The van der Waals surface area contributed by atoms with Crippen molar-refractivity contribution in [2.24, 2.45) is 0 Å². The van der Waals surface area contributed by atoms with Gasteiger partial charge in [0.05, 0.1) is 0 Å². The zero-order valence-electron chi connectivity index (χ0n) is 9.71. The van der Waals surface area contributed by atoms with Crippen molar-refractivity contribution in [1.82, 2.24) is 4.98 Å². The van der Waals surface area contributed by atoms with E-state index in [0.29, 0.717) is 5.82 Å². The second-order valence-corrected chi connectivity index (χ2v) is 5.91. The molecule has 0 aliphatic carbocycles. The third kappa shape index (κ3) is 1.92. The lowest BCUT2D eigenvalue weighted by atomic mass is 9.85. The largest absolute Gasteiger partial charge is 0.383 e. The quantitative estimate of drug-likeness (QED) is 0.794. The molecule has 0 saturated heterocycles. The molecule has 2 nitrogen and oxygen atoms in total. The molecular weight excluding hydrogens is 264 g/mol. The Bertz CT molecular complexity index is 541. The van der Waals surface area contributed by atoms with Crippen LogP contribution in [0.2, 0.25) is 0 Å². The van der Waals surface area contributed by atoms with Crippen molar-refractivity contribution < 1.29 is 0 Å². The summed E-state index contributed by atoms with van der Waals surface area (Å²) in [6, 6.07) is 6.15. The Morgan fingerprint density at radius 2 is 1.88 bits per heavy atom. The Morgan fingerprint density at radius 1 is 1.19 bits per heavy atom. The Labute approximate surface area is 104 Å². The van der Waals surface area contributed by atoms with Crippen molar-refractivity contribution >= 4 is 32.5 Å². The van der Waals surface area contributed by atoms with Gasteiger partial charge in [-0.1, -0.05) is 42.8 Å². The van der Waals surface area contributed by atoms with Gasteiger partial charge in [-0.05, 0) is 28.5 Å². The maximum absolute atomic E-state index is 5.91. The highest BCUT2D eigenvalue weighted by Gasteiger charge is 2.18. The fourth-order valence-electron chi connectivity index (χ4n) is 1.83. The molecule has 1 aromatic heterocycles. The number of hydrogen-bond acceptors (Lipinski definition) is 2. The molecule has 0 atom stereocenters. The molecule has 0 fully saturated rings. The summed E-state index contributed by atoms with van der Waals surface area (Å²) in [6.45, 7) is 6.55. The van der Waals surface area contributed by atoms with Crippen LogP contribution in [0.4, 0.5) is 5.82 Å². The Morgan fingerprint density at radius 3 is 2.50 bits per heavy atom. The van der Waals surface area contributed by atoms with Crippen LogP contribution < -0.4 is 5.73 Å². The number of hydrogen-bond donors (Lipinski definition) is 1. The fourth-order valence-corrected chi connectivity index (χ4v) is 2.20. The number of anilines is 1. The van der Waals surface area contributed by atoms with Gasteiger partial charge in [-0.2, -0.15) is 0 Å². The van der Waals surface area contributed by atoms with Crippen LogP contribution in [0.25, 0.3) is 10.8 Å². The van der Waals surface area contributed by atoms with Crippen LogP contribution in [0, 0.1) is 0 Å². The van der Waals surface area contributed by atoms with E-state index in [2.05, 4.69) is 47.8 Å². The summed E-state index contributed by atoms with van der Waals surface area (Å²) in [7, 11) is 0. The monoisotopic (exact) mass is 278 g/mol. The highest BCUT2D eigenvalue weighted by Crippen LogP contribution is 2.32. The van der Waals surface area contributed by atoms with Gasteiger partial charge in [0.15, 0.2) is 0 Å². The van der Waals surface area contributed by atoms with Gasteiger partial charge in [-0.25, -0.2) is 4.98 Å². The van der Waals surface area contributed by atoms with Gasteiger partial charge in [0.1, 0.15) is 5.82 Å². The van der Waals surface area contributed by atoms with E-state index in [1.807, 2.05) is 18.3 Å². The summed E-state index contributed by atoms with van der Waals surface area (Å²) in [5, 5.41) is 2.20. The normalized spacial score (nSPS) is 12.0. The smallest absolute Gasteiger partial charge is 0.131 e. The van der Waals surface area contributed by atoms with E-state index in [4.69, 9.17) is 5.73 Å². The maximum Gasteiger partial charge on any atom is 0.131 e. The average molecular weight is 279 g/mol. The van der Waals surface area contributed by atoms with E-state index in [0.717, 1.165) is 9.86 Å². The second-order valence-electron chi connectivity index (χ2n) is 5.00. The summed E-state index contributed by atoms with van der Waals surface area (Å²) in [6.07, 6.45) is 1.88. The number of benzene rings is 1. The first-order valence-corrected chi connectivity index (χ1v) is 6.03. The van der Waals surface area contributed by atoms with Crippen molar-refractivity contribution in [3.63, 3.8) is 0 Å². The number of nitrogens with zero attached hydrogens (tertiary/aromatic N) is 1. The van der Waals surface area contributed by atoms with Crippen LogP contribution in [-0.2, 0) is 5.41 Å². The van der Waals surface area contributed by atoms with Gasteiger partial charge in [-0.3, -0.25) is 0 Å². The summed E-state index contributed by atoms with van der Waals surface area (Å²) >= 11 is 3.46. The minimum Gasteiger partial charge on any atom is -0.383 e. The Hall–Kier alpha value is -1.09. The summed E-state index contributed by atoms with van der Waals surface area (Å²) in [5.74, 6) is 0.587. The molecule has 2 N–H and O–H groups in total. The zero-order valence-corrected chi connectivity index (χ0v) is 11.3. The molecule has 16 heavy (non-hydrogen) atoms. The highest BCUT2D eigenvalue weighted by atomic mass is 79.9. The SMILES string of the molecule is CC(C)(C)c1cnc(N)c2cc(Br)ccc12. The topological polar surface area (TPSA) is 38.9 Å². The molecule has 0 bridgehead atoms. The van der Waals surface area contributed by atoms with Gasteiger partial charge in [-0.15, -0.1) is 0 Å². The first-order chi connectivity index (χ1) is 7.39. The fraction of sp³-hybridized carbons (Fsp3) is 0.308. The lowest BCUT2D eigenvalue weighted by Crippen LogP contribution is -2.12. The Balaban J connectivity index is 2.85. The number of nitrogens with two attached hydrogens (primary N) is 1. The molecule has 0 aliphatic heterocycles. The third-order valence-electron chi connectivity index (χ3n) is 2.69. The van der Waals surface area contributed by atoms with E-state index in [1.165, 1.54) is 10.9 Å². The van der Waals surface area contributed by atoms with E-state index < -0.39 is 0 Å². The highest BCUT2D eigenvalue weighted by molar-refractivity contribution is 9.10. The number of fused-ring (bicyclic) bond motifs is 1. The van der Waals surface area contributed by atoms with Crippen LogP contribution in [0.15, 0.2) is 28.9 Å². The summed E-state index contributed by atoms with van der Waals surface area (Å²) in [4.78, 5) is 4.27. The van der Waals surface area contributed by atoms with E-state index in [1.54, 1.807) is 0 Å². The molecule has 2 aromatic rings. The predicted molar refractivity (Wildman–Crippen MR) is 72.6 cm³/mol. The molecule has 84 valence electrons. The molecule has 3 heteroatoms. The molecule has 0 unspecified atom stereocenters. The van der Waals surface area contributed by atoms with Crippen molar-refractivity contribution in [1.29, 1.82) is 0 Å². The molecule has 0 aliphatic rings. The minimum atomic E-state index is 0.0762. The van der Waals surface area contributed by atoms with Crippen LogP contribution in [0.3, 0.4) is 0 Å². The summed E-state index contributed by atoms with van der Waals surface area (Å²) < 4.78 is 1.03. The number of aromatic nitrogens is 1. The third-order valence-corrected chi connectivity index (χ3v) is 3.18. The number of rotatable bonds is 0. The lowest BCUT2D eigenvalue weighted by Gasteiger charge is -2.21. The average Bonchev–Trinajstić information content (AvgIpc) is 2.17. The van der Waals surface area contributed by atoms with Crippen LogP contribution >= 0.6 is 15.9 Å². The lowest BCUT2D eigenvalue weighted by molar-refractivity contribution is 0.593. The number of pyridine rings is 1. The van der Waals surface area contributed by atoms with E-state index in [-0.39, 0.29) is 5.41 Å². The number of halogens is 1. The molecule has 0 spiro atoms. The molecular formula is C13H15BrN2. The van der Waals surface area contributed by atoms with Gasteiger partial charge in [0.25, 0.3) is 0 Å². The molecule has 2 rings (SSSR count). The van der Waals surface area contributed by atoms with Crippen LogP contribution in [0.1, 0.15) is 26.3 Å². The first-order valence-electron chi connectivity index (χ1n) is 5.24. The first kappa shape index (κ1) is 11.4. The van der Waals surface area contributed by atoms with Crippen molar-refractivity contribution in [2.45, 2.75) is 26.2 Å². The standard InChI is InChI=1S/C13H15BrN2/c1-13(2,3)11-7-16-12(15)10-6-8(14)4-5-9(10)11/h4-7H,1-3H3,(H2,15,16). The van der Waals surface area contributed by atoms with E-state index >= 15 is 0 Å². The maximum atomic E-state index is 5.91. The van der Waals surface area contributed by atoms with Crippen molar-refractivity contribution in [2.75, 3.05) is 5.73 Å². The van der Waals surface area contributed by atoms with Crippen LogP contribution in [-0.4, -0.2) is 4.98 Å². The predicted octanol–water partition coefficient (Wildman–Crippen LogP) is 3.88. The number of nitrogen functional groups attached to an aromatic ring is 1. The van der Waals surface area contributed by atoms with Gasteiger partial charge in [0, 0.05) is 16.1 Å². The van der Waals surface area contributed by atoms with Crippen molar-refractivity contribution in [3.05, 3.63) is 34.4 Å². The Kier molecular flexibility index (Phi) is 2.66. The van der Waals surface area contributed by atoms with Gasteiger partial charge >= 0.3 is 0 Å². The minimum absolute atomic E-state index is 0.0762. The molecule has 0 saturated carbocycles. The molecule has 0 amide bonds. The van der Waals surface area contributed by atoms with Gasteiger partial charge in [0.2, 0.25) is 0 Å². The molecule has 1 heterocycles. The van der Waals surface area contributed by atoms with Gasteiger partial charge < -0.3 is 5.73 Å². The zero-order chi connectivity index (χ0) is 11.9. The molecule has 1 aromatic carbocycles. The van der Waals surface area contributed by atoms with Crippen LogP contribution in [0.5, 0.6) is 0 Å². The van der Waals surface area contributed by atoms with Crippen molar-refractivity contribution in [3.8, 4) is 0 Å². The van der Waals surface area contributed by atoms with E-state index in [9.17, 15) is 0 Å².